The van der Waals surface area contributed by atoms with Gasteiger partial charge in [-0.15, -0.1) is 0 Å². The Kier molecular flexibility index (Phi) is 4.83. The van der Waals surface area contributed by atoms with Gasteiger partial charge in [-0.25, -0.2) is 4.79 Å². The monoisotopic (exact) mass is 328 g/mol. The normalized spacial score (nSPS) is 21.8. The van der Waals surface area contributed by atoms with Crippen molar-refractivity contribution in [1.82, 2.24) is 9.88 Å². The van der Waals surface area contributed by atoms with Crippen molar-refractivity contribution < 1.29 is 14.3 Å². The maximum absolute atomic E-state index is 12.4. The summed E-state index contributed by atoms with van der Waals surface area (Å²) in [5, 5.41) is 0.991. The van der Waals surface area contributed by atoms with Crippen molar-refractivity contribution in [3.8, 4) is 0 Å². The third-order valence-corrected chi connectivity index (χ3v) is 4.49. The first-order chi connectivity index (χ1) is 11.5. The number of carbonyl (C=O) groups excluding carboxylic acids is 1. The van der Waals surface area contributed by atoms with Crippen LogP contribution in [0.5, 0.6) is 0 Å². The summed E-state index contributed by atoms with van der Waals surface area (Å²) in [5.74, 6) is -0.324. The van der Waals surface area contributed by atoms with E-state index in [1.165, 1.54) is 7.11 Å². The number of para-hydroxylation sites is 1. The molecule has 0 radical (unpaired) electrons. The van der Waals surface area contributed by atoms with Gasteiger partial charge in [-0.05, 0) is 32.4 Å². The Morgan fingerprint density at radius 3 is 2.62 bits per heavy atom. The highest BCUT2D eigenvalue weighted by atomic mass is 16.5. The molecule has 2 aromatic rings. The summed E-state index contributed by atoms with van der Waals surface area (Å²) in [6.07, 6.45) is 0.355. The summed E-state index contributed by atoms with van der Waals surface area (Å²) in [7, 11) is 1.42. The summed E-state index contributed by atoms with van der Waals surface area (Å²) >= 11 is 0. The van der Waals surface area contributed by atoms with E-state index in [4.69, 9.17) is 14.5 Å². The van der Waals surface area contributed by atoms with E-state index in [1.54, 1.807) is 0 Å². The van der Waals surface area contributed by atoms with Gasteiger partial charge < -0.3 is 9.47 Å². The molecule has 1 aliphatic heterocycles. The van der Waals surface area contributed by atoms with Crippen molar-refractivity contribution in [2.45, 2.75) is 39.5 Å². The van der Waals surface area contributed by atoms with Gasteiger partial charge in [-0.2, -0.15) is 0 Å². The van der Waals surface area contributed by atoms with Crippen molar-refractivity contribution in [2.75, 3.05) is 20.2 Å². The fourth-order valence-corrected chi connectivity index (χ4v) is 3.55. The lowest BCUT2D eigenvalue weighted by atomic mass is 10.0. The molecule has 2 heterocycles. The summed E-state index contributed by atoms with van der Waals surface area (Å²) < 4.78 is 10.8. The van der Waals surface area contributed by atoms with Crippen LogP contribution in [0.2, 0.25) is 0 Å². The average Bonchev–Trinajstić information content (AvgIpc) is 2.53. The highest BCUT2D eigenvalue weighted by Gasteiger charge is 2.26. The molecule has 1 saturated heterocycles. The predicted molar refractivity (Wildman–Crippen MR) is 93.1 cm³/mol. The number of nitrogens with zero attached hydrogens (tertiary/aromatic N) is 2. The first-order valence-corrected chi connectivity index (χ1v) is 8.34. The third kappa shape index (κ3) is 3.28. The van der Waals surface area contributed by atoms with Gasteiger partial charge in [0.05, 0.1) is 36.1 Å². The quantitative estimate of drug-likeness (QED) is 0.811. The van der Waals surface area contributed by atoms with Crippen LogP contribution in [-0.2, 0) is 16.0 Å². The number of ether oxygens (including phenoxy) is 2. The molecule has 0 unspecified atom stereocenters. The molecule has 1 fully saturated rings. The number of rotatable bonds is 3. The second kappa shape index (κ2) is 6.87. The number of methoxy groups -OCH3 is 1. The fraction of sp³-hybridized carbons (Fsp3) is 0.474. The minimum Gasteiger partial charge on any atom is -0.465 e. The fourth-order valence-electron chi connectivity index (χ4n) is 3.55. The summed E-state index contributed by atoms with van der Waals surface area (Å²) in [6.45, 7) is 8.39. The van der Waals surface area contributed by atoms with Crippen LogP contribution < -0.4 is 0 Å². The Labute approximate surface area is 142 Å². The lowest BCUT2D eigenvalue weighted by Gasteiger charge is -2.35. The van der Waals surface area contributed by atoms with Crippen LogP contribution in [0.1, 0.15) is 35.5 Å². The molecule has 0 amide bonds. The lowest BCUT2D eigenvalue weighted by Crippen LogP contribution is -2.45. The smallest absolute Gasteiger partial charge is 0.340 e. The Morgan fingerprint density at radius 2 is 1.96 bits per heavy atom. The Bertz CT molecular complexity index is 750. The third-order valence-electron chi connectivity index (χ3n) is 4.49. The molecule has 1 aromatic carbocycles. The molecule has 5 heteroatoms. The van der Waals surface area contributed by atoms with Crippen LogP contribution in [0.25, 0.3) is 10.9 Å². The zero-order chi connectivity index (χ0) is 17.3. The van der Waals surface area contributed by atoms with Crippen molar-refractivity contribution in [3.63, 3.8) is 0 Å². The summed E-state index contributed by atoms with van der Waals surface area (Å²) in [6, 6.07) is 7.91. The van der Waals surface area contributed by atoms with E-state index in [0.29, 0.717) is 12.1 Å². The molecule has 24 heavy (non-hydrogen) atoms. The molecule has 0 bridgehead atoms. The number of aromatic nitrogens is 1. The molecule has 0 N–H and O–H groups in total. The molecule has 0 saturated carbocycles. The van der Waals surface area contributed by atoms with Gasteiger partial charge in [0.1, 0.15) is 0 Å². The summed E-state index contributed by atoms with van der Waals surface area (Å²) in [5.41, 5.74) is 3.20. The highest BCUT2D eigenvalue weighted by Crippen LogP contribution is 2.25. The topological polar surface area (TPSA) is 51.7 Å². The van der Waals surface area contributed by atoms with Crippen molar-refractivity contribution >= 4 is 16.9 Å². The molecule has 2 atom stereocenters. The van der Waals surface area contributed by atoms with Crippen molar-refractivity contribution in [1.29, 1.82) is 0 Å². The van der Waals surface area contributed by atoms with E-state index in [0.717, 1.165) is 35.2 Å². The number of pyridine rings is 1. The first kappa shape index (κ1) is 16.9. The van der Waals surface area contributed by atoms with Gasteiger partial charge >= 0.3 is 5.97 Å². The number of carbonyl (C=O) groups is 1. The molecular weight excluding hydrogens is 304 g/mol. The zero-order valence-corrected chi connectivity index (χ0v) is 14.7. The predicted octanol–water partition coefficient (Wildman–Crippen LogP) is 2.94. The standard InChI is InChI=1S/C19H24N2O3/c1-12-9-21(10-13(2)24-12)11-17-18(19(22)23-4)14(3)15-7-5-6-8-16(15)20-17/h5-8,12-13H,9-11H2,1-4H3/t12-,13-/m1/s1. The van der Waals surface area contributed by atoms with Crippen LogP contribution in [0.15, 0.2) is 24.3 Å². The van der Waals surface area contributed by atoms with E-state index >= 15 is 0 Å². The van der Waals surface area contributed by atoms with E-state index < -0.39 is 0 Å². The zero-order valence-electron chi connectivity index (χ0n) is 14.7. The number of benzene rings is 1. The summed E-state index contributed by atoms with van der Waals surface area (Å²) in [4.78, 5) is 19.4. The van der Waals surface area contributed by atoms with E-state index in [1.807, 2.05) is 31.2 Å². The van der Waals surface area contributed by atoms with E-state index in [2.05, 4.69) is 18.7 Å². The van der Waals surface area contributed by atoms with Gasteiger partial charge in [0.2, 0.25) is 0 Å². The molecule has 3 rings (SSSR count). The van der Waals surface area contributed by atoms with Crippen LogP contribution in [0.4, 0.5) is 0 Å². The maximum atomic E-state index is 12.4. The Hall–Kier alpha value is -1.98. The maximum Gasteiger partial charge on any atom is 0.340 e. The van der Waals surface area contributed by atoms with Crippen LogP contribution >= 0.6 is 0 Å². The number of morpholine rings is 1. The number of hydrogen-bond donors (Lipinski definition) is 0. The Balaban J connectivity index is 2.03. The first-order valence-electron chi connectivity index (χ1n) is 8.34. The van der Waals surface area contributed by atoms with Gasteiger partial charge in [-0.3, -0.25) is 9.88 Å². The largest absolute Gasteiger partial charge is 0.465 e. The van der Waals surface area contributed by atoms with Crippen molar-refractivity contribution in [2.24, 2.45) is 0 Å². The lowest BCUT2D eigenvalue weighted by molar-refractivity contribution is -0.0707. The van der Waals surface area contributed by atoms with Gasteiger partial charge in [0.25, 0.3) is 0 Å². The van der Waals surface area contributed by atoms with Crippen molar-refractivity contribution in [3.05, 3.63) is 41.1 Å². The number of hydrogen-bond acceptors (Lipinski definition) is 5. The SMILES string of the molecule is COC(=O)c1c(CN2C[C@@H](C)O[C@H](C)C2)nc2ccccc2c1C. The van der Waals surface area contributed by atoms with E-state index in [-0.39, 0.29) is 18.2 Å². The second-order valence-electron chi connectivity index (χ2n) is 6.52. The average molecular weight is 328 g/mol. The molecule has 0 spiro atoms. The molecule has 5 nitrogen and oxygen atoms in total. The minimum absolute atomic E-state index is 0.178. The van der Waals surface area contributed by atoms with Gasteiger partial charge in [0.15, 0.2) is 0 Å². The minimum atomic E-state index is -0.324. The van der Waals surface area contributed by atoms with Crippen LogP contribution in [-0.4, -0.2) is 48.3 Å². The van der Waals surface area contributed by atoms with Crippen LogP contribution in [0, 0.1) is 6.92 Å². The van der Waals surface area contributed by atoms with E-state index in [9.17, 15) is 4.79 Å². The van der Waals surface area contributed by atoms with Gasteiger partial charge in [-0.1, -0.05) is 18.2 Å². The number of aryl methyl sites for hydroxylation is 1. The molecular formula is C19H24N2O3. The number of esters is 1. The Morgan fingerprint density at radius 1 is 1.29 bits per heavy atom. The molecule has 0 aliphatic carbocycles. The van der Waals surface area contributed by atoms with Crippen LogP contribution in [0.3, 0.4) is 0 Å². The van der Waals surface area contributed by atoms with Gasteiger partial charge in [0, 0.05) is 25.0 Å². The molecule has 1 aliphatic rings. The molecule has 128 valence electrons. The molecule has 1 aromatic heterocycles. The second-order valence-corrected chi connectivity index (χ2v) is 6.52. The highest BCUT2D eigenvalue weighted by molar-refractivity contribution is 5.98. The number of fused-ring (bicyclic) bond motifs is 1.